The van der Waals surface area contributed by atoms with Gasteiger partial charge >= 0.3 is 0 Å². The average Bonchev–Trinajstić information content (AvgIpc) is 2.38. The summed E-state index contributed by atoms with van der Waals surface area (Å²) in [5.74, 6) is -1.85. The molecule has 1 aromatic heterocycles. The molecule has 19 heavy (non-hydrogen) atoms. The van der Waals surface area contributed by atoms with Crippen molar-refractivity contribution in [2.45, 2.75) is 0 Å². The highest BCUT2D eigenvalue weighted by Crippen LogP contribution is 2.18. The number of ether oxygens (including phenoxy) is 1. The van der Waals surface area contributed by atoms with E-state index in [9.17, 15) is 13.6 Å². The molecule has 98 valence electrons. The first-order valence-electron chi connectivity index (χ1n) is 5.37. The fourth-order valence-electron chi connectivity index (χ4n) is 1.47. The van der Waals surface area contributed by atoms with Crippen molar-refractivity contribution in [3.05, 3.63) is 53.7 Å². The van der Waals surface area contributed by atoms with E-state index in [-0.39, 0.29) is 17.1 Å². The second-order valence-electron chi connectivity index (χ2n) is 3.65. The van der Waals surface area contributed by atoms with Gasteiger partial charge in [0, 0.05) is 5.56 Å². The number of nitrogens with one attached hydrogen (secondary N) is 1. The Morgan fingerprint density at radius 1 is 1.26 bits per heavy atom. The molecule has 0 aliphatic heterocycles. The number of amides is 1. The van der Waals surface area contributed by atoms with Gasteiger partial charge < -0.3 is 10.1 Å². The molecule has 0 aliphatic carbocycles. The highest BCUT2D eigenvalue weighted by Gasteiger charge is 2.11. The molecule has 0 bridgehead atoms. The van der Waals surface area contributed by atoms with E-state index in [1.165, 1.54) is 31.4 Å². The number of anilines is 1. The van der Waals surface area contributed by atoms with Gasteiger partial charge in [-0.3, -0.25) is 4.79 Å². The van der Waals surface area contributed by atoms with Crippen molar-refractivity contribution in [3.63, 3.8) is 0 Å². The van der Waals surface area contributed by atoms with E-state index in [0.717, 1.165) is 12.1 Å². The van der Waals surface area contributed by atoms with Gasteiger partial charge in [-0.1, -0.05) is 6.07 Å². The second-order valence-corrected chi connectivity index (χ2v) is 3.65. The maximum atomic E-state index is 13.4. The molecule has 0 fully saturated rings. The van der Waals surface area contributed by atoms with E-state index < -0.39 is 17.7 Å². The summed E-state index contributed by atoms with van der Waals surface area (Å²) in [6.45, 7) is 0. The second kappa shape index (κ2) is 5.43. The lowest BCUT2D eigenvalue weighted by atomic mass is 10.2. The third-order valence-electron chi connectivity index (χ3n) is 2.37. The van der Waals surface area contributed by atoms with Crippen LogP contribution in [0.3, 0.4) is 0 Å². The maximum absolute atomic E-state index is 13.4. The minimum Gasteiger partial charge on any atom is -0.494 e. The highest BCUT2D eigenvalue weighted by atomic mass is 19.1. The molecule has 1 aromatic carbocycles. The molecule has 1 N–H and O–H groups in total. The van der Waals surface area contributed by atoms with E-state index in [4.69, 9.17) is 4.74 Å². The molecular weight excluding hydrogens is 254 g/mol. The Hall–Kier alpha value is -2.50. The number of pyridine rings is 1. The van der Waals surface area contributed by atoms with Crippen LogP contribution < -0.4 is 10.1 Å². The molecule has 0 spiro atoms. The molecular formula is C13H10F2N2O2. The number of methoxy groups -OCH3 is 1. The summed E-state index contributed by atoms with van der Waals surface area (Å²) in [7, 11) is 1.33. The number of carbonyl (C=O) groups excluding carboxylic acids is 1. The topological polar surface area (TPSA) is 51.2 Å². The van der Waals surface area contributed by atoms with Gasteiger partial charge in [-0.25, -0.2) is 9.37 Å². The largest absolute Gasteiger partial charge is 0.494 e. The molecule has 0 unspecified atom stereocenters. The van der Waals surface area contributed by atoms with Gasteiger partial charge in [-0.2, -0.15) is 4.39 Å². The third kappa shape index (κ3) is 3.04. The first kappa shape index (κ1) is 12.9. The van der Waals surface area contributed by atoms with Gasteiger partial charge in [0.15, 0.2) is 11.6 Å². The predicted molar refractivity (Wildman–Crippen MR) is 65.1 cm³/mol. The summed E-state index contributed by atoms with van der Waals surface area (Å²) in [4.78, 5) is 15.3. The smallest absolute Gasteiger partial charge is 0.256 e. The molecule has 0 aliphatic rings. The van der Waals surface area contributed by atoms with E-state index >= 15 is 0 Å². The van der Waals surface area contributed by atoms with Crippen LogP contribution in [0.25, 0.3) is 0 Å². The molecule has 1 amide bonds. The molecule has 0 radical (unpaired) electrons. The fraction of sp³-hybridized carbons (Fsp3) is 0.0769. The van der Waals surface area contributed by atoms with Gasteiger partial charge in [0.05, 0.1) is 7.11 Å². The number of nitrogens with zero attached hydrogens (tertiary/aromatic N) is 1. The zero-order valence-electron chi connectivity index (χ0n) is 9.98. The van der Waals surface area contributed by atoms with Crippen LogP contribution in [0.4, 0.5) is 14.6 Å². The predicted octanol–water partition coefficient (Wildman–Crippen LogP) is 2.62. The number of benzene rings is 1. The minimum atomic E-state index is -0.710. The van der Waals surface area contributed by atoms with Gasteiger partial charge in [-0.05, 0) is 30.3 Å². The van der Waals surface area contributed by atoms with E-state index in [0.29, 0.717) is 0 Å². The first-order chi connectivity index (χ1) is 9.10. The molecule has 0 saturated carbocycles. The van der Waals surface area contributed by atoms with Gasteiger partial charge in [0.25, 0.3) is 5.91 Å². The molecule has 0 atom stereocenters. The standard InChI is InChI=1S/C13H10F2N2O2/c1-19-10-6-5-8(7-9(10)14)13(18)17-12-4-2-3-11(15)16-12/h2-7H,1H3,(H,16,17,18). The van der Waals surface area contributed by atoms with Crippen LogP contribution in [0.1, 0.15) is 10.4 Å². The summed E-state index contributed by atoms with van der Waals surface area (Å²) in [6, 6.07) is 7.77. The molecule has 2 rings (SSSR count). The van der Waals surface area contributed by atoms with Crippen molar-refractivity contribution >= 4 is 11.7 Å². The van der Waals surface area contributed by atoms with Crippen LogP contribution in [-0.4, -0.2) is 18.0 Å². The number of rotatable bonds is 3. The third-order valence-corrected chi connectivity index (χ3v) is 2.37. The molecule has 2 aromatic rings. The number of aromatic nitrogens is 1. The molecule has 1 heterocycles. The zero-order valence-corrected chi connectivity index (χ0v) is 9.98. The summed E-state index contributed by atoms with van der Waals surface area (Å²) < 4.78 is 31.0. The summed E-state index contributed by atoms with van der Waals surface area (Å²) in [5.41, 5.74) is 0.0874. The van der Waals surface area contributed by atoms with Crippen LogP contribution >= 0.6 is 0 Å². The van der Waals surface area contributed by atoms with Crippen molar-refractivity contribution < 1.29 is 18.3 Å². The Morgan fingerprint density at radius 2 is 2.05 bits per heavy atom. The van der Waals surface area contributed by atoms with E-state index in [1.54, 1.807) is 0 Å². The quantitative estimate of drug-likeness (QED) is 0.867. The SMILES string of the molecule is COc1ccc(C(=O)Nc2cccc(F)n2)cc1F. The van der Waals surface area contributed by atoms with Crippen LogP contribution in [-0.2, 0) is 0 Å². The van der Waals surface area contributed by atoms with Crippen LogP contribution in [0.5, 0.6) is 5.75 Å². The van der Waals surface area contributed by atoms with Gasteiger partial charge in [0.1, 0.15) is 5.82 Å². The zero-order chi connectivity index (χ0) is 13.8. The highest BCUT2D eigenvalue weighted by molar-refractivity contribution is 6.03. The average molecular weight is 264 g/mol. The van der Waals surface area contributed by atoms with Crippen molar-refractivity contribution in [1.82, 2.24) is 4.98 Å². The minimum absolute atomic E-state index is 0.0421. The van der Waals surface area contributed by atoms with E-state index in [2.05, 4.69) is 10.3 Å². The lowest BCUT2D eigenvalue weighted by Crippen LogP contribution is -2.13. The summed E-state index contributed by atoms with van der Waals surface area (Å²) in [5, 5.41) is 2.37. The van der Waals surface area contributed by atoms with Crippen LogP contribution in [0.15, 0.2) is 36.4 Å². The summed E-state index contributed by atoms with van der Waals surface area (Å²) >= 11 is 0. The Labute approximate surface area is 108 Å². The Balaban J connectivity index is 2.18. The molecule has 0 saturated heterocycles. The normalized spacial score (nSPS) is 10.1. The Kier molecular flexibility index (Phi) is 3.70. The number of halogens is 2. The summed E-state index contributed by atoms with van der Waals surface area (Å²) in [6.07, 6.45) is 0. The monoisotopic (exact) mass is 264 g/mol. The lowest BCUT2D eigenvalue weighted by Gasteiger charge is -2.06. The maximum Gasteiger partial charge on any atom is 0.256 e. The van der Waals surface area contributed by atoms with Crippen LogP contribution in [0, 0.1) is 11.8 Å². The lowest BCUT2D eigenvalue weighted by molar-refractivity contribution is 0.102. The van der Waals surface area contributed by atoms with Crippen molar-refractivity contribution in [3.8, 4) is 5.75 Å². The number of hydrogen-bond donors (Lipinski definition) is 1. The molecule has 4 nitrogen and oxygen atoms in total. The van der Waals surface area contributed by atoms with Crippen molar-refractivity contribution in [1.29, 1.82) is 0 Å². The number of carbonyl (C=O) groups is 1. The first-order valence-corrected chi connectivity index (χ1v) is 5.37. The van der Waals surface area contributed by atoms with Gasteiger partial charge in [-0.15, -0.1) is 0 Å². The van der Waals surface area contributed by atoms with Crippen molar-refractivity contribution in [2.24, 2.45) is 0 Å². The fourth-order valence-corrected chi connectivity index (χ4v) is 1.47. The van der Waals surface area contributed by atoms with Crippen molar-refractivity contribution in [2.75, 3.05) is 12.4 Å². The Morgan fingerprint density at radius 3 is 2.68 bits per heavy atom. The number of hydrogen-bond acceptors (Lipinski definition) is 3. The Bertz CT molecular complexity index is 617. The van der Waals surface area contributed by atoms with E-state index in [1.807, 2.05) is 0 Å². The van der Waals surface area contributed by atoms with Crippen LogP contribution in [0.2, 0.25) is 0 Å². The van der Waals surface area contributed by atoms with Gasteiger partial charge in [0.2, 0.25) is 5.95 Å². The molecule has 6 heteroatoms.